The molecule has 1 heterocycles. The monoisotopic (exact) mass is 297 g/mol. The number of nitriles is 1. The second kappa shape index (κ2) is 6.54. The summed E-state index contributed by atoms with van der Waals surface area (Å²) < 4.78 is 1.46. The van der Waals surface area contributed by atoms with Crippen molar-refractivity contribution in [1.82, 2.24) is 15.1 Å². The Morgan fingerprint density at radius 3 is 2.55 bits per heavy atom. The summed E-state index contributed by atoms with van der Waals surface area (Å²) in [4.78, 5) is 23.7. The van der Waals surface area contributed by atoms with Crippen LogP contribution in [0.15, 0.2) is 30.3 Å². The molecule has 0 bridgehead atoms. The number of nitrogens with zero attached hydrogens (tertiary/aromatic N) is 3. The van der Waals surface area contributed by atoms with E-state index in [1.54, 1.807) is 44.3 Å². The molecule has 1 aromatic heterocycles. The summed E-state index contributed by atoms with van der Waals surface area (Å²) in [6.45, 7) is 1.64. The fourth-order valence-electron chi connectivity index (χ4n) is 1.91. The number of rotatable bonds is 4. The topological polar surface area (TPSA) is 99.8 Å². The van der Waals surface area contributed by atoms with Crippen molar-refractivity contribution in [1.29, 1.82) is 5.26 Å². The van der Waals surface area contributed by atoms with E-state index in [4.69, 9.17) is 5.26 Å². The Kier molecular flexibility index (Phi) is 4.53. The van der Waals surface area contributed by atoms with Gasteiger partial charge in [0.05, 0.1) is 23.9 Å². The zero-order valence-corrected chi connectivity index (χ0v) is 12.3. The van der Waals surface area contributed by atoms with Crippen molar-refractivity contribution in [2.45, 2.75) is 6.92 Å². The highest BCUT2D eigenvalue weighted by Crippen LogP contribution is 2.08. The van der Waals surface area contributed by atoms with Gasteiger partial charge in [0.15, 0.2) is 0 Å². The third-order valence-corrected chi connectivity index (χ3v) is 2.94. The summed E-state index contributed by atoms with van der Waals surface area (Å²) in [6.07, 6.45) is 0. The zero-order chi connectivity index (χ0) is 16.1. The van der Waals surface area contributed by atoms with Crippen LogP contribution in [-0.4, -0.2) is 28.1 Å². The highest BCUT2D eigenvalue weighted by atomic mass is 16.2. The summed E-state index contributed by atoms with van der Waals surface area (Å²) in [5, 5.41) is 17.9. The maximum atomic E-state index is 11.9. The second-order valence-electron chi connectivity index (χ2n) is 4.71. The van der Waals surface area contributed by atoms with Gasteiger partial charge in [-0.05, 0) is 37.3 Å². The number of amides is 2. The predicted octanol–water partition coefficient (Wildman–Crippen LogP) is 0.969. The van der Waals surface area contributed by atoms with Crippen molar-refractivity contribution in [2.24, 2.45) is 7.05 Å². The molecular formula is C15H15N5O2. The van der Waals surface area contributed by atoms with Crippen LogP contribution >= 0.6 is 0 Å². The quantitative estimate of drug-likeness (QED) is 0.878. The molecule has 0 aliphatic carbocycles. The van der Waals surface area contributed by atoms with Crippen molar-refractivity contribution in [3.05, 3.63) is 47.3 Å². The fourth-order valence-corrected chi connectivity index (χ4v) is 1.91. The number of anilines is 1. The van der Waals surface area contributed by atoms with Crippen molar-refractivity contribution < 1.29 is 9.59 Å². The Labute approximate surface area is 127 Å². The predicted molar refractivity (Wildman–Crippen MR) is 80.1 cm³/mol. The standard InChI is InChI=1S/C15H15N5O2/c1-10-7-13(20(2)19-10)15(22)17-9-14(21)18-12-5-3-11(8-16)4-6-12/h3-7H,9H2,1-2H3,(H,17,22)(H,18,21). The van der Waals surface area contributed by atoms with Crippen molar-refractivity contribution >= 4 is 17.5 Å². The normalized spacial score (nSPS) is 9.86. The minimum atomic E-state index is -0.363. The maximum Gasteiger partial charge on any atom is 0.269 e. The van der Waals surface area contributed by atoms with Crippen LogP contribution in [0.5, 0.6) is 0 Å². The fraction of sp³-hybridized carbons (Fsp3) is 0.200. The van der Waals surface area contributed by atoms with Gasteiger partial charge in [0.1, 0.15) is 5.69 Å². The first-order valence-corrected chi connectivity index (χ1v) is 6.58. The van der Waals surface area contributed by atoms with Gasteiger partial charge in [-0.3, -0.25) is 14.3 Å². The van der Waals surface area contributed by atoms with Gasteiger partial charge in [0, 0.05) is 12.7 Å². The summed E-state index contributed by atoms with van der Waals surface area (Å²) in [5.74, 6) is -0.713. The Bertz CT molecular complexity index is 740. The molecule has 7 nitrogen and oxygen atoms in total. The van der Waals surface area contributed by atoms with E-state index in [1.165, 1.54) is 4.68 Å². The van der Waals surface area contributed by atoms with Crippen LogP contribution < -0.4 is 10.6 Å². The van der Waals surface area contributed by atoms with E-state index >= 15 is 0 Å². The average molecular weight is 297 g/mol. The van der Waals surface area contributed by atoms with E-state index in [9.17, 15) is 9.59 Å². The van der Waals surface area contributed by atoms with E-state index < -0.39 is 0 Å². The van der Waals surface area contributed by atoms with Crippen molar-refractivity contribution in [3.63, 3.8) is 0 Å². The molecule has 112 valence electrons. The highest BCUT2D eigenvalue weighted by molar-refractivity contribution is 5.98. The first-order valence-electron chi connectivity index (χ1n) is 6.58. The molecule has 0 saturated heterocycles. The summed E-state index contributed by atoms with van der Waals surface area (Å²) in [5.41, 5.74) is 2.20. The molecule has 2 amide bonds. The van der Waals surface area contributed by atoms with E-state index in [0.717, 1.165) is 5.69 Å². The molecule has 22 heavy (non-hydrogen) atoms. The van der Waals surface area contributed by atoms with Crippen LogP contribution in [0.2, 0.25) is 0 Å². The molecule has 0 spiro atoms. The third kappa shape index (κ3) is 3.70. The molecule has 2 N–H and O–H groups in total. The van der Waals surface area contributed by atoms with Crippen LogP contribution in [0.1, 0.15) is 21.7 Å². The number of carbonyl (C=O) groups is 2. The van der Waals surface area contributed by atoms with Gasteiger partial charge < -0.3 is 10.6 Å². The van der Waals surface area contributed by atoms with Crippen molar-refractivity contribution in [2.75, 3.05) is 11.9 Å². The SMILES string of the molecule is Cc1cc(C(=O)NCC(=O)Nc2ccc(C#N)cc2)n(C)n1. The number of hydrogen-bond donors (Lipinski definition) is 2. The lowest BCUT2D eigenvalue weighted by Crippen LogP contribution is -2.33. The molecule has 2 rings (SSSR count). The Morgan fingerprint density at radius 2 is 2.00 bits per heavy atom. The van der Waals surface area contributed by atoms with E-state index in [1.807, 2.05) is 6.07 Å². The number of benzene rings is 1. The smallest absolute Gasteiger partial charge is 0.269 e. The molecule has 2 aromatic rings. The van der Waals surface area contributed by atoms with Crippen LogP contribution in [0.4, 0.5) is 5.69 Å². The zero-order valence-electron chi connectivity index (χ0n) is 12.3. The van der Waals surface area contributed by atoms with Crippen LogP contribution in [0.3, 0.4) is 0 Å². The first-order chi connectivity index (χ1) is 10.5. The molecule has 0 unspecified atom stereocenters. The highest BCUT2D eigenvalue weighted by Gasteiger charge is 2.12. The van der Waals surface area contributed by atoms with Crippen LogP contribution in [0, 0.1) is 18.3 Å². The number of nitrogens with one attached hydrogen (secondary N) is 2. The van der Waals surface area contributed by atoms with E-state index in [2.05, 4.69) is 15.7 Å². The van der Waals surface area contributed by atoms with Gasteiger partial charge in [0.2, 0.25) is 5.91 Å². The minimum absolute atomic E-state index is 0.150. The van der Waals surface area contributed by atoms with Gasteiger partial charge in [-0.1, -0.05) is 0 Å². The number of aromatic nitrogens is 2. The largest absolute Gasteiger partial charge is 0.342 e. The number of hydrogen-bond acceptors (Lipinski definition) is 4. The number of carbonyl (C=O) groups excluding carboxylic acids is 2. The lowest BCUT2D eigenvalue weighted by Gasteiger charge is -2.07. The van der Waals surface area contributed by atoms with Gasteiger partial charge >= 0.3 is 0 Å². The van der Waals surface area contributed by atoms with Crippen LogP contribution in [-0.2, 0) is 11.8 Å². The maximum absolute atomic E-state index is 11.9. The average Bonchev–Trinajstić information content (AvgIpc) is 2.84. The summed E-state index contributed by atoms with van der Waals surface area (Å²) in [7, 11) is 1.67. The first kappa shape index (κ1) is 15.3. The third-order valence-electron chi connectivity index (χ3n) is 2.94. The Hall–Kier alpha value is -3.14. The summed E-state index contributed by atoms with van der Waals surface area (Å²) in [6, 6.07) is 10.1. The van der Waals surface area contributed by atoms with Gasteiger partial charge in [0.25, 0.3) is 5.91 Å². The molecular weight excluding hydrogens is 282 g/mol. The molecule has 0 aliphatic heterocycles. The molecule has 0 aliphatic rings. The number of aryl methyl sites for hydroxylation is 2. The van der Waals surface area contributed by atoms with Gasteiger partial charge in [-0.2, -0.15) is 10.4 Å². The Morgan fingerprint density at radius 1 is 1.32 bits per heavy atom. The molecule has 0 saturated carbocycles. The summed E-state index contributed by atoms with van der Waals surface area (Å²) >= 11 is 0. The second-order valence-corrected chi connectivity index (χ2v) is 4.71. The Balaban J connectivity index is 1.88. The minimum Gasteiger partial charge on any atom is -0.342 e. The lowest BCUT2D eigenvalue weighted by atomic mass is 10.2. The molecule has 0 fully saturated rings. The lowest BCUT2D eigenvalue weighted by molar-refractivity contribution is -0.115. The van der Waals surface area contributed by atoms with E-state index in [-0.39, 0.29) is 18.4 Å². The van der Waals surface area contributed by atoms with E-state index in [0.29, 0.717) is 16.9 Å². The molecule has 0 atom stereocenters. The van der Waals surface area contributed by atoms with Crippen LogP contribution in [0.25, 0.3) is 0 Å². The molecule has 0 radical (unpaired) electrons. The molecule has 7 heteroatoms. The van der Waals surface area contributed by atoms with Crippen molar-refractivity contribution in [3.8, 4) is 6.07 Å². The van der Waals surface area contributed by atoms with Gasteiger partial charge in [-0.25, -0.2) is 0 Å². The molecule has 1 aromatic carbocycles. The van der Waals surface area contributed by atoms with Gasteiger partial charge in [-0.15, -0.1) is 0 Å².